The number of hydrogen-bond donors (Lipinski definition) is 1. The molecule has 5 heteroatoms. The molecule has 1 aromatic heterocycles. The highest BCUT2D eigenvalue weighted by molar-refractivity contribution is 5.95. The lowest BCUT2D eigenvalue weighted by atomic mass is 9.91. The average Bonchev–Trinajstić information content (AvgIpc) is 3.32. The summed E-state index contributed by atoms with van der Waals surface area (Å²) in [5, 5.41) is 7.25. The Balaban J connectivity index is 1.56. The third-order valence-electron chi connectivity index (χ3n) is 5.34. The number of carbonyl (C=O) groups is 1. The van der Waals surface area contributed by atoms with E-state index in [1.165, 1.54) is 11.3 Å². The third kappa shape index (κ3) is 3.35. The first-order valence-electron chi connectivity index (χ1n) is 9.64. The van der Waals surface area contributed by atoms with Gasteiger partial charge in [0.25, 0.3) is 5.91 Å². The molecule has 0 bridgehead atoms. The maximum absolute atomic E-state index is 13.3. The maximum Gasteiger partial charge on any atom is 0.254 e. The molecule has 1 unspecified atom stereocenters. The van der Waals surface area contributed by atoms with Gasteiger partial charge in [-0.05, 0) is 82.2 Å². The van der Waals surface area contributed by atoms with Crippen molar-refractivity contribution in [3.8, 4) is 5.75 Å². The lowest BCUT2D eigenvalue weighted by Gasteiger charge is -2.34. The largest absolute Gasteiger partial charge is 0.491 e. The first-order valence-corrected chi connectivity index (χ1v) is 9.64. The molecule has 1 fully saturated rings. The lowest BCUT2D eigenvalue weighted by Crippen LogP contribution is -2.44. The van der Waals surface area contributed by atoms with Gasteiger partial charge >= 0.3 is 0 Å². The SMILES string of the molecule is Cc1cc(C(=O)N(C2CC2)C2CCc3[nH]ncc3C2)ccc1OC(C)C. The Kier molecular flexibility index (Phi) is 4.47. The molecule has 2 aliphatic carbocycles. The molecule has 4 rings (SSSR count). The summed E-state index contributed by atoms with van der Waals surface area (Å²) in [6.45, 7) is 6.04. The van der Waals surface area contributed by atoms with E-state index in [1.54, 1.807) is 0 Å². The summed E-state index contributed by atoms with van der Waals surface area (Å²) in [6.07, 6.45) is 7.16. The second-order valence-electron chi connectivity index (χ2n) is 7.86. The molecular formula is C21H27N3O2. The number of hydrogen-bond acceptors (Lipinski definition) is 3. The Morgan fingerprint density at radius 1 is 1.27 bits per heavy atom. The minimum absolute atomic E-state index is 0.129. The Labute approximate surface area is 154 Å². The first kappa shape index (κ1) is 17.1. The molecule has 138 valence electrons. The van der Waals surface area contributed by atoms with Crippen LogP contribution in [0.3, 0.4) is 0 Å². The van der Waals surface area contributed by atoms with Gasteiger partial charge in [-0.2, -0.15) is 5.10 Å². The second kappa shape index (κ2) is 6.78. The fraction of sp³-hybridized carbons (Fsp3) is 0.524. The van der Waals surface area contributed by atoms with Gasteiger partial charge < -0.3 is 9.64 Å². The highest BCUT2D eigenvalue weighted by atomic mass is 16.5. The maximum atomic E-state index is 13.3. The highest BCUT2D eigenvalue weighted by Gasteiger charge is 2.39. The van der Waals surface area contributed by atoms with Crippen LogP contribution in [-0.4, -0.2) is 39.2 Å². The Morgan fingerprint density at radius 3 is 2.77 bits per heavy atom. The van der Waals surface area contributed by atoms with Crippen molar-refractivity contribution in [3.05, 3.63) is 46.8 Å². The van der Waals surface area contributed by atoms with Crippen LogP contribution in [0.5, 0.6) is 5.75 Å². The monoisotopic (exact) mass is 353 g/mol. The summed E-state index contributed by atoms with van der Waals surface area (Å²) in [5.41, 5.74) is 4.27. The summed E-state index contributed by atoms with van der Waals surface area (Å²) in [7, 11) is 0. The van der Waals surface area contributed by atoms with Crippen LogP contribution in [0.1, 0.15) is 60.3 Å². The molecule has 0 radical (unpaired) electrons. The molecule has 0 aliphatic heterocycles. The van der Waals surface area contributed by atoms with E-state index in [1.807, 2.05) is 45.2 Å². The molecule has 1 saturated carbocycles. The number of fused-ring (bicyclic) bond motifs is 1. The molecular weight excluding hydrogens is 326 g/mol. The van der Waals surface area contributed by atoms with E-state index in [0.29, 0.717) is 6.04 Å². The van der Waals surface area contributed by atoms with Gasteiger partial charge in [0, 0.05) is 23.3 Å². The predicted molar refractivity (Wildman–Crippen MR) is 101 cm³/mol. The fourth-order valence-electron chi connectivity index (χ4n) is 3.93. The van der Waals surface area contributed by atoms with Crippen molar-refractivity contribution in [2.24, 2.45) is 0 Å². The quantitative estimate of drug-likeness (QED) is 0.892. The van der Waals surface area contributed by atoms with Crippen LogP contribution in [0.25, 0.3) is 0 Å². The van der Waals surface area contributed by atoms with Gasteiger partial charge in [0.05, 0.1) is 12.3 Å². The Bertz CT molecular complexity index is 807. The first-order chi connectivity index (χ1) is 12.5. The van der Waals surface area contributed by atoms with E-state index in [9.17, 15) is 4.79 Å². The summed E-state index contributed by atoms with van der Waals surface area (Å²) >= 11 is 0. The number of aromatic amines is 1. The lowest BCUT2D eigenvalue weighted by molar-refractivity contribution is 0.0642. The number of aromatic nitrogens is 2. The molecule has 2 aliphatic rings. The van der Waals surface area contributed by atoms with E-state index in [2.05, 4.69) is 15.1 Å². The number of nitrogens with one attached hydrogen (secondary N) is 1. The zero-order valence-corrected chi connectivity index (χ0v) is 15.8. The normalized spacial score (nSPS) is 19.3. The molecule has 1 N–H and O–H groups in total. The van der Waals surface area contributed by atoms with Gasteiger partial charge in [0.15, 0.2) is 0 Å². The molecule has 2 aromatic rings. The van der Waals surface area contributed by atoms with E-state index in [0.717, 1.165) is 49.0 Å². The summed E-state index contributed by atoms with van der Waals surface area (Å²) in [5.74, 6) is 1.01. The molecule has 1 atom stereocenters. The van der Waals surface area contributed by atoms with E-state index >= 15 is 0 Å². The van der Waals surface area contributed by atoms with Gasteiger partial charge in [-0.3, -0.25) is 9.89 Å². The van der Waals surface area contributed by atoms with Crippen LogP contribution >= 0.6 is 0 Å². The highest BCUT2D eigenvalue weighted by Crippen LogP contribution is 2.35. The zero-order valence-electron chi connectivity index (χ0n) is 15.8. The van der Waals surface area contributed by atoms with Crippen LogP contribution in [0.2, 0.25) is 0 Å². The van der Waals surface area contributed by atoms with Crippen LogP contribution in [0.15, 0.2) is 24.4 Å². The number of nitrogens with zero attached hydrogens (tertiary/aromatic N) is 2. The van der Waals surface area contributed by atoms with Crippen molar-refractivity contribution in [2.45, 2.75) is 71.1 Å². The Hall–Kier alpha value is -2.30. The number of benzene rings is 1. The van der Waals surface area contributed by atoms with Gasteiger partial charge in [-0.25, -0.2) is 0 Å². The smallest absolute Gasteiger partial charge is 0.254 e. The van der Waals surface area contributed by atoms with Crippen LogP contribution in [0.4, 0.5) is 0 Å². The number of amides is 1. The Morgan fingerprint density at radius 2 is 2.08 bits per heavy atom. The van der Waals surface area contributed by atoms with E-state index in [4.69, 9.17) is 4.74 Å². The van der Waals surface area contributed by atoms with Crippen LogP contribution in [0, 0.1) is 6.92 Å². The van der Waals surface area contributed by atoms with Crippen molar-refractivity contribution in [2.75, 3.05) is 0 Å². The van der Waals surface area contributed by atoms with Crippen LogP contribution in [-0.2, 0) is 12.8 Å². The molecule has 5 nitrogen and oxygen atoms in total. The van der Waals surface area contributed by atoms with Gasteiger partial charge in [-0.1, -0.05) is 0 Å². The summed E-state index contributed by atoms with van der Waals surface area (Å²) < 4.78 is 5.81. The molecule has 1 aromatic carbocycles. The number of carbonyl (C=O) groups excluding carboxylic acids is 1. The minimum Gasteiger partial charge on any atom is -0.491 e. The van der Waals surface area contributed by atoms with Gasteiger partial charge in [-0.15, -0.1) is 0 Å². The van der Waals surface area contributed by atoms with E-state index in [-0.39, 0.29) is 18.1 Å². The van der Waals surface area contributed by atoms with Crippen molar-refractivity contribution in [1.29, 1.82) is 0 Å². The van der Waals surface area contributed by atoms with Crippen molar-refractivity contribution >= 4 is 5.91 Å². The number of aryl methyl sites for hydroxylation is 2. The number of rotatable bonds is 5. The third-order valence-corrected chi connectivity index (χ3v) is 5.34. The zero-order chi connectivity index (χ0) is 18.3. The second-order valence-corrected chi connectivity index (χ2v) is 7.86. The van der Waals surface area contributed by atoms with Gasteiger partial charge in [0.1, 0.15) is 5.75 Å². The number of H-pyrrole nitrogens is 1. The topological polar surface area (TPSA) is 58.2 Å². The van der Waals surface area contributed by atoms with Crippen molar-refractivity contribution in [3.63, 3.8) is 0 Å². The van der Waals surface area contributed by atoms with Crippen molar-refractivity contribution < 1.29 is 9.53 Å². The minimum atomic E-state index is 0.129. The average molecular weight is 353 g/mol. The number of ether oxygens (including phenoxy) is 1. The summed E-state index contributed by atoms with van der Waals surface area (Å²) in [4.78, 5) is 15.5. The fourth-order valence-corrected chi connectivity index (χ4v) is 3.93. The van der Waals surface area contributed by atoms with Crippen LogP contribution < -0.4 is 4.74 Å². The standard InChI is InChI=1S/C21H27N3O2/c1-13(2)26-20-9-4-15(10-14(20)3)21(25)24(17-5-6-17)18-7-8-19-16(11-18)12-22-23-19/h4,9-10,12-13,17-18H,5-8,11H2,1-3H3,(H,22,23). The molecule has 1 amide bonds. The van der Waals surface area contributed by atoms with Gasteiger partial charge in [0.2, 0.25) is 0 Å². The summed E-state index contributed by atoms with van der Waals surface area (Å²) in [6, 6.07) is 6.48. The molecule has 0 saturated heterocycles. The van der Waals surface area contributed by atoms with E-state index < -0.39 is 0 Å². The van der Waals surface area contributed by atoms with Crippen molar-refractivity contribution in [1.82, 2.24) is 15.1 Å². The molecule has 26 heavy (non-hydrogen) atoms. The molecule has 1 heterocycles. The molecule has 0 spiro atoms. The predicted octanol–water partition coefficient (Wildman–Crippen LogP) is 3.67.